The minimum atomic E-state index is 0.516. The number of hydrogen-bond acceptors (Lipinski definition) is 11. The van der Waals surface area contributed by atoms with E-state index in [0.717, 1.165) is 0 Å². The summed E-state index contributed by atoms with van der Waals surface area (Å²) in [6.45, 7) is 10.8. The molecule has 0 atom stereocenters. The second-order valence-corrected chi connectivity index (χ2v) is 6.78. The molecule has 0 aliphatic carbocycles. The molecule has 0 aliphatic heterocycles. The van der Waals surface area contributed by atoms with Gasteiger partial charge in [0.05, 0.1) is 148 Å². The number of halogens is 1. The van der Waals surface area contributed by atoms with Gasteiger partial charge in [0, 0.05) is 7.11 Å². The molecule has 0 aromatic rings. The lowest BCUT2D eigenvalue weighted by atomic mass is 10.6. The first kappa shape index (κ1) is 33.0. The van der Waals surface area contributed by atoms with Gasteiger partial charge in [-0.25, -0.2) is 0 Å². The molecule has 0 aromatic carbocycles. The van der Waals surface area contributed by atoms with Crippen molar-refractivity contribution in [1.29, 1.82) is 0 Å². The van der Waals surface area contributed by atoms with E-state index in [1.807, 2.05) is 0 Å². The maximum absolute atomic E-state index is 5.43. The molecule has 0 amide bonds. The summed E-state index contributed by atoms with van der Waals surface area (Å²) in [6, 6.07) is 0. The Hall–Kier alpha value is 0.0400. The molecule has 12 heteroatoms. The van der Waals surface area contributed by atoms with Crippen LogP contribution in [0.5, 0.6) is 0 Å². The molecule has 0 saturated carbocycles. The minimum Gasteiger partial charge on any atom is -0.382 e. The van der Waals surface area contributed by atoms with E-state index in [0.29, 0.717) is 132 Å². The van der Waals surface area contributed by atoms with Crippen molar-refractivity contribution in [3.05, 3.63) is 0 Å². The monoisotopic (exact) mass is 550 g/mol. The van der Waals surface area contributed by atoms with Crippen molar-refractivity contribution in [3.8, 4) is 0 Å². The van der Waals surface area contributed by atoms with Crippen LogP contribution in [0.4, 0.5) is 0 Å². The molecule has 11 nitrogen and oxygen atoms in total. The molecule has 200 valence electrons. The van der Waals surface area contributed by atoms with E-state index in [2.05, 4.69) is 16.3 Å². The molecule has 0 bridgehead atoms. The second-order valence-electron chi connectivity index (χ2n) is 6.32. The van der Waals surface area contributed by atoms with E-state index in [9.17, 15) is 0 Å². The molecule has 0 saturated heterocycles. The molecule has 0 spiro atoms. The highest BCUT2D eigenvalue weighted by Gasteiger charge is 1.95. The quantitative estimate of drug-likeness (QED) is 0.120. The molecule has 0 aromatic heterocycles. The summed E-state index contributed by atoms with van der Waals surface area (Å²) in [5.41, 5.74) is 0. The van der Waals surface area contributed by atoms with Crippen molar-refractivity contribution >= 4 is 16.3 Å². The summed E-state index contributed by atoms with van der Waals surface area (Å²) in [5, 5.41) is 0. The van der Waals surface area contributed by atoms with Gasteiger partial charge in [-0.05, 0) is 0 Å². The van der Waals surface area contributed by atoms with Crippen molar-refractivity contribution < 1.29 is 51.2 Å². The highest BCUT2D eigenvalue weighted by molar-refractivity contribution is 9.06. The van der Waals surface area contributed by atoms with Gasteiger partial charge in [0.15, 0.2) is 0 Å². The van der Waals surface area contributed by atoms with E-state index in [1.54, 1.807) is 7.11 Å². The molecule has 0 rings (SSSR count). The molecule has 0 radical (unpaired) electrons. The molecule has 0 aliphatic rings. The van der Waals surface area contributed by atoms with Crippen molar-refractivity contribution in [1.82, 2.24) is 0 Å². The summed E-state index contributed by atoms with van der Waals surface area (Å²) >= 11 is 2.86. The summed E-state index contributed by atoms with van der Waals surface area (Å²) < 4.78 is 58.0. The first-order valence-corrected chi connectivity index (χ1v) is 12.0. The zero-order valence-corrected chi connectivity index (χ0v) is 21.6. The first-order valence-electron chi connectivity index (χ1n) is 11.3. The Bertz CT molecular complexity index is 313. The van der Waals surface area contributed by atoms with Crippen LogP contribution in [0.1, 0.15) is 0 Å². The Kier molecular flexibility index (Phi) is 32.1. The van der Waals surface area contributed by atoms with Gasteiger partial charge in [0.2, 0.25) is 0 Å². The Morgan fingerprint density at radius 2 is 0.485 bits per heavy atom. The predicted octanol–water partition coefficient (Wildman–Crippen LogP) is 1.11. The van der Waals surface area contributed by atoms with Crippen LogP contribution < -0.4 is 0 Å². The smallest absolute Gasteiger partial charge is 0.0988 e. The van der Waals surface area contributed by atoms with Crippen LogP contribution >= 0.6 is 16.3 Å². The topological polar surface area (TPSA) is 102 Å². The van der Waals surface area contributed by atoms with E-state index >= 15 is 0 Å². The zero-order chi connectivity index (χ0) is 23.9. The fourth-order valence-electron chi connectivity index (χ4n) is 2.09. The van der Waals surface area contributed by atoms with Gasteiger partial charge in [-0.3, -0.25) is 0 Å². The van der Waals surface area contributed by atoms with Gasteiger partial charge in [-0.1, -0.05) is 0 Å². The molecular formula is C21H43BrO11. The highest BCUT2D eigenvalue weighted by Crippen LogP contribution is 1.87. The summed E-state index contributed by atoms with van der Waals surface area (Å²) in [4.78, 5) is 0. The fourth-order valence-corrected chi connectivity index (χ4v) is 2.23. The standard InChI is InChI=1S/C21H43BrO11/c1-23-2-3-24-4-5-25-6-7-26-8-9-27-10-11-28-12-13-29-14-15-30-16-17-31-18-19-32-20-21-33-22/h2-21H2,1H3. The van der Waals surface area contributed by atoms with Crippen molar-refractivity contribution in [2.75, 3.05) is 139 Å². The predicted molar refractivity (Wildman–Crippen MR) is 124 cm³/mol. The van der Waals surface area contributed by atoms with Crippen LogP contribution in [0.25, 0.3) is 0 Å². The third-order valence-corrected chi connectivity index (χ3v) is 4.04. The van der Waals surface area contributed by atoms with Gasteiger partial charge >= 0.3 is 0 Å². The van der Waals surface area contributed by atoms with Crippen molar-refractivity contribution in [2.24, 2.45) is 0 Å². The summed E-state index contributed by atoms with van der Waals surface area (Å²) in [7, 11) is 1.65. The minimum absolute atomic E-state index is 0.516. The third kappa shape index (κ3) is 32.0. The van der Waals surface area contributed by atoms with Crippen LogP contribution in [0.15, 0.2) is 0 Å². The summed E-state index contributed by atoms with van der Waals surface area (Å²) in [5.74, 6) is 0. The zero-order valence-electron chi connectivity index (χ0n) is 20.0. The van der Waals surface area contributed by atoms with Gasteiger partial charge in [0.1, 0.15) is 0 Å². The van der Waals surface area contributed by atoms with Crippen LogP contribution in [-0.2, 0) is 51.2 Å². The SMILES string of the molecule is COCCOCCOCCOCCOCCOCCOCCOCCOCCOCCOBr. The van der Waals surface area contributed by atoms with Gasteiger partial charge in [-0.15, -0.1) is 0 Å². The maximum atomic E-state index is 5.43. The molecule has 0 fully saturated rings. The highest BCUT2D eigenvalue weighted by atomic mass is 79.9. The molecule has 33 heavy (non-hydrogen) atoms. The number of rotatable bonds is 30. The average molecular weight is 551 g/mol. The van der Waals surface area contributed by atoms with E-state index in [1.165, 1.54) is 0 Å². The number of ether oxygens (including phenoxy) is 10. The van der Waals surface area contributed by atoms with Gasteiger partial charge in [0.25, 0.3) is 0 Å². The van der Waals surface area contributed by atoms with Gasteiger partial charge in [-0.2, -0.15) is 0 Å². The molecular weight excluding hydrogens is 508 g/mol. The second kappa shape index (κ2) is 32.0. The Morgan fingerprint density at radius 1 is 0.303 bits per heavy atom. The van der Waals surface area contributed by atoms with E-state index < -0.39 is 0 Å². The van der Waals surface area contributed by atoms with Crippen LogP contribution in [0, 0.1) is 0 Å². The lowest BCUT2D eigenvalue weighted by Crippen LogP contribution is -2.15. The average Bonchev–Trinajstić information content (AvgIpc) is 2.83. The van der Waals surface area contributed by atoms with E-state index in [4.69, 9.17) is 51.2 Å². The van der Waals surface area contributed by atoms with E-state index in [-0.39, 0.29) is 0 Å². The first-order chi connectivity index (χ1) is 16.4. The molecule has 0 unspecified atom stereocenters. The number of hydrogen-bond donors (Lipinski definition) is 0. The Labute approximate surface area is 206 Å². The molecule has 0 heterocycles. The van der Waals surface area contributed by atoms with Crippen LogP contribution in [-0.4, -0.2) is 139 Å². The van der Waals surface area contributed by atoms with Gasteiger partial charge < -0.3 is 51.2 Å². The lowest BCUT2D eigenvalue weighted by molar-refractivity contribution is -0.0261. The largest absolute Gasteiger partial charge is 0.382 e. The summed E-state index contributed by atoms with van der Waals surface area (Å²) in [6.07, 6.45) is 0. The molecule has 0 N–H and O–H groups in total. The Balaban J connectivity index is 2.99. The maximum Gasteiger partial charge on any atom is 0.0988 e. The fraction of sp³-hybridized carbons (Fsp3) is 1.00. The lowest BCUT2D eigenvalue weighted by Gasteiger charge is -2.08. The van der Waals surface area contributed by atoms with Crippen LogP contribution in [0.3, 0.4) is 0 Å². The van der Waals surface area contributed by atoms with Crippen LogP contribution in [0.2, 0.25) is 0 Å². The Morgan fingerprint density at radius 3 is 0.667 bits per heavy atom. The van der Waals surface area contributed by atoms with Crippen molar-refractivity contribution in [3.63, 3.8) is 0 Å². The normalized spacial score (nSPS) is 11.5. The van der Waals surface area contributed by atoms with Crippen molar-refractivity contribution in [2.45, 2.75) is 0 Å². The number of methoxy groups -OCH3 is 1. The third-order valence-electron chi connectivity index (χ3n) is 3.71.